The van der Waals surface area contributed by atoms with Crippen LogP contribution in [0.1, 0.15) is 31.0 Å². The third-order valence-electron chi connectivity index (χ3n) is 3.42. The van der Waals surface area contributed by atoms with E-state index in [0.717, 1.165) is 17.7 Å². The summed E-state index contributed by atoms with van der Waals surface area (Å²) >= 11 is 0. The standard InChI is InChI=1S/C17H20FN/c1-4-19-13(3)15-7-5-6-8-16(15)14-10-9-12(2)17(18)11-14/h5-11,13,19H,4H2,1-3H3. The van der Waals surface area contributed by atoms with Crippen molar-refractivity contribution >= 4 is 0 Å². The minimum atomic E-state index is -0.150. The first-order chi connectivity index (χ1) is 9.13. The van der Waals surface area contributed by atoms with E-state index in [2.05, 4.69) is 25.2 Å². The monoisotopic (exact) mass is 257 g/mol. The molecule has 0 aromatic heterocycles. The Morgan fingerprint density at radius 3 is 2.58 bits per heavy atom. The molecule has 1 atom stereocenters. The van der Waals surface area contributed by atoms with E-state index >= 15 is 0 Å². The fourth-order valence-corrected chi connectivity index (χ4v) is 2.31. The molecule has 100 valence electrons. The SMILES string of the molecule is CCNC(C)c1ccccc1-c1ccc(C)c(F)c1. The van der Waals surface area contributed by atoms with Crippen LogP contribution in [-0.4, -0.2) is 6.54 Å². The number of aryl methyl sites for hydroxylation is 1. The molecule has 1 nitrogen and oxygen atoms in total. The van der Waals surface area contributed by atoms with Gasteiger partial charge in [-0.2, -0.15) is 0 Å². The van der Waals surface area contributed by atoms with Crippen LogP contribution in [0.15, 0.2) is 42.5 Å². The third kappa shape index (κ3) is 3.02. The highest BCUT2D eigenvalue weighted by atomic mass is 19.1. The fraction of sp³-hybridized carbons (Fsp3) is 0.294. The Balaban J connectivity index is 2.46. The molecule has 0 bridgehead atoms. The summed E-state index contributed by atoms with van der Waals surface area (Å²) in [4.78, 5) is 0. The molecule has 1 N–H and O–H groups in total. The highest BCUT2D eigenvalue weighted by Crippen LogP contribution is 2.29. The van der Waals surface area contributed by atoms with Crippen LogP contribution >= 0.6 is 0 Å². The van der Waals surface area contributed by atoms with Gasteiger partial charge in [0, 0.05) is 6.04 Å². The van der Waals surface area contributed by atoms with Crippen molar-refractivity contribution in [2.45, 2.75) is 26.8 Å². The maximum absolute atomic E-state index is 13.7. The van der Waals surface area contributed by atoms with E-state index in [1.165, 1.54) is 5.56 Å². The summed E-state index contributed by atoms with van der Waals surface area (Å²) in [7, 11) is 0. The summed E-state index contributed by atoms with van der Waals surface area (Å²) in [5.41, 5.74) is 3.91. The van der Waals surface area contributed by atoms with Crippen LogP contribution in [0.3, 0.4) is 0 Å². The van der Waals surface area contributed by atoms with Gasteiger partial charge in [-0.25, -0.2) is 4.39 Å². The smallest absolute Gasteiger partial charge is 0.126 e. The van der Waals surface area contributed by atoms with Gasteiger partial charge in [0.05, 0.1) is 0 Å². The molecule has 2 heteroatoms. The van der Waals surface area contributed by atoms with Gasteiger partial charge in [-0.3, -0.25) is 0 Å². The lowest BCUT2D eigenvalue weighted by Crippen LogP contribution is -2.18. The van der Waals surface area contributed by atoms with Gasteiger partial charge in [-0.1, -0.05) is 43.3 Å². The molecule has 0 aliphatic heterocycles. The lowest BCUT2D eigenvalue weighted by atomic mass is 9.95. The lowest BCUT2D eigenvalue weighted by Gasteiger charge is -2.17. The van der Waals surface area contributed by atoms with Crippen molar-refractivity contribution in [3.63, 3.8) is 0 Å². The van der Waals surface area contributed by atoms with Crippen LogP contribution in [0.25, 0.3) is 11.1 Å². The Kier molecular flexibility index (Phi) is 4.33. The molecule has 0 saturated carbocycles. The molecule has 2 rings (SSSR count). The van der Waals surface area contributed by atoms with Crippen LogP contribution in [0.2, 0.25) is 0 Å². The summed E-state index contributed by atoms with van der Waals surface area (Å²) in [6.45, 7) is 6.92. The Morgan fingerprint density at radius 2 is 1.89 bits per heavy atom. The van der Waals surface area contributed by atoms with Crippen molar-refractivity contribution in [2.75, 3.05) is 6.54 Å². The molecule has 2 aromatic carbocycles. The van der Waals surface area contributed by atoms with Gasteiger partial charge in [0.2, 0.25) is 0 Å². The zero-order valence-corrected chi connectivity index (χ0v) is 11.7. The summed E-state index contributed by atoms with van der Waals surface area (Å²) in [6.07, 6.45) is 0. The van der Waals surface area contributed by atoms with E-state index in [9.17, 15) is 4.39 Å². The van der Waals surface area contributed by atoms with Crippen LogP contribution in [-0.2, 0) is 0 Å². The van der Waals surface area contributed by atoms with Gasteiger partial charge in [0.25, 0.3) is 0 Å². The van der Waals surface area contributed by atoms with Gasteiger partial charge in [0.15, 0.2) is 0 Å². The van der Waals surface area contributed by atoms with Gasteiger partial charge in [-0.05, 0) is 48.7 Å². The van der Waals surface area contributed by atoms with Crippen LogP contribution in [0.4, 0.5) is 4.39 Å². The second-order valence-corrected chi connectivity index (χ2v) is 4.83. The van der Waals surface area contributed by atoms with Crippen LogP contribution in [0, 0.1) is 12.7 Å². The van der Waals surface area contributed by atoms with E-state index in [1.807, 2.05) is 30.3 Å². The Morgan fingerprint density at radius 1 is 1.16 bits per heavy atom. The maximum atomic E-state index is 13.7. The van der Waals surface area contributed by atoms with E-state index in [4.69, 9.17) is 0 Å². The van der Waals surface area contributed by atoms with Crippen molar-refractivity contribution in [3.05, 3.63) is 59.4 Å². The van der Waals surface area contributed by atoms with E-state index < -0.39 is 0 Å². The topological polar surface area (TPSA) is 12.0 Å². The summed E-state index contributed by atoms with van der Waals surface area (Å²) in [5, 5.41) is 3.40. The highest BCUT2D eigenvalue weighted by molar-refractivity contribution is 5.68. The quantitative estimate of drug-likeness (QED) is 0.852. The van der Waals surface area contributed by atoms with Crippen molar-refractivity contribution in [2.24, 2.45) is 0 Å². The molecular weight excluding hydrogens is 237 g/mol. The van der Waals surface area contributed by atoms with Gasteiger partial charge in [0.1, 0.15) is 5.82 Å². The molecule has 0 radical (unpaired) electrons. The molecule has 1 unspecified atom stereocenters. The normalized spacial score (nSPS) is 12.4. The summed E-state index contributed by atoms with van der Waals surface area (Å²) in [5.74, 6) is -0.150. The minimum Gasteiger partial charge on any atom is -0.310 e. The second-order valence-electron chi connectivity index (χ2n) is 4.83. The fourth-order valence-electron chi connectivity index (χ4n) is 2.31. The largest absolute Gasteiger partial charge is 0.310 e. The third-order valence-corrected chi connectivity index (χ3v) is 3.42. The first kappa shape index (κ1) is 13.8. The molecule has 0 aliphatic carbocycles. The number of benzene rings is 2. The number of hydrogen-bond donors (Lipinski definition) is 1. The zero-order chi connectivity index (χ0) is 13.8. The predicted octanol–water partition coefficient (Wildman–Crippen LogP) is 4.47. The van der Waals surface area contributed by atoms with Gasteiger partial charge >= 0.3 is 0 Å². The first-order valence-corrected chi connectivity index (χ1v) is 6.72. The van der Waals surface area contributed by atoms with E-state index in [-0.39, 0.29) is 11.9 Å². The van der Waals surface area contributed by atoms with Crippen LogP contribution in [0.5, 0.6) is 0 Å². The van der Waals surface area contributed by atoms with Gasteiger partial charge < -0.3 is 5.32 Å². The second kappa shape index (κ2) is 5.98. The maximum Gasteiger partial charge on any atom is 0.126 e. The number of hydrogen-bond acceptors (Lipinski definition) is 1. The lowest BCUT2D eigenvalue weighted by molar-refractivity contribution is 0.599. The average molecular weight is 257 g/mol. The molecule has 19 heavy (non-hydrogen) atoms. The van der Waals surface area contributed by atoms with E-state index in [1.54, 1.807) is 13.0 Å². The van der Waals surface area contributed by atoms with Crippen molar-refractivity contribution in [1.29, 1.82) is 0 Å². The molecule has 0 spiro atoms. The van der Waals surface area contributed by atoms with E-state index in [0.29, 0.717) is 5.56 Å². The van der Waals surface area contributed by atoms with Crippen LogP contribution < -0.4 is 5.32 Å². The zero-order valence-electron chi connectivity index (χ0n) is 11.7. The molecular formula is C17H20FN. The molecule has 0 saturated heterocycles. The summed E-state index contributed by atoms with van der Waals surface area (Å²) < 4.78 is 13.7. The molecule has 0 fully saturated rings. The Labute approximate surface area is 114 Å². The van der Waals surface area contributed by atoms with Crippen molar-refractivity contribution in [1.82, 2.24) is 5.32 Å². The average Bonchev–Trinajstić information content (AvgIpc) is 2.42. The molecule has 2 aromatic rings. The highest BCUT2D eigenvalue weighted by Gasteiger charge is 2.11. The minimum absolute atomic E-state index is 0.150. The predicted molar refractivity (Wildman–Crippen MR) is 78.7 cm³/mol. The Hall–Kier alpha value is -1.67. The van der Waals surface area contributed by atoms with Crippen molar-refractivity contribution < 1.29 is 4.39 Å². The number of rotatable bonds is 4. The number of nitrogens with one attached hydrogen (secondary N) is 1. The first-order valence-electron chi connectivity index (χ1n) is 6.72. The molecule has 0 aliphatic rings. The Bertz CT molecular complexity index is 563. The molecule has 0 amide bonds. The number of halogens is 1. The van der Waals surface area contributed by atoms with Crippen molar-refractivity contribution in [3.8, 4) is 11.1 Å². The summed E-state index contributed by atoms with van der Waals surface area (Å²) in [6, 6.07) is 13.9. The van der Waals surface area contributed by atoms with Gasteiger partial charge in [-0.15, -0.1) is 0 Å². The molecule has 0 heterocycles.